The maximum absolute atomic E-state index is 15.1. The molecule has 11 heteroatoms. The number of nitrogens with zero attached hydrogens (tertiary/aromatic N) is 3. The lowest BCUT2D eigenvalue weighted by atomic mass is 9.91. The van der Waals surface area contributed by atoms with Crippen molar-refractivity contribution in [1.29, 1.82) is 0 Å². The van der Waals surface area contributed by atoms with Gasteiger partial charge in [0, 0.05) is 18.0 Å². The molecule has 1 N–H and O–H groups in total. The summed E-state index contributed by atoms with van der Waals surface area (Å²) in [6.07, 6.45) is 13.7. The summed E-state index contributed by atoms with van der Waals surface area (Å²) in [4.78, 5) is 51.0. The number of likely N-dealkylation sites (N-methyl/N-ethyl adjacent to an activating group) is 1. The fourth-order valence-electron chi connectivity index (χ4n) is 7.62. The van der Waals surface area contributed by atoms with Crippen molar-refractivity contribution in [2.75, 3.05) is 26.7 Å². The van der Waals surface area contributed by atoms with E-state index in [1.165, 1.54) is 30.6 Å². The van der Waals surface area contributed by atoms with Crippen LogP contribution in [0.3, 0.4) is 0 Å². The first-order valence-electron chi connectivity index (χ1n) is 21.5. The number of esters is 1. The minimum atomic E-state index is -2.13. The van der Waals surface area contributed by atoms with Crippen LogP contribution in [0.2, 0.25) is 18.1 Å². The minimum absolute atomic E-state index is 0.0117. The van der Waals surface area contributed by atoms with Crippen molar-refractivity contribution in [2.24, 2.45) is 11.8 Å². The molecule has 0 unspecified atom stereocenters. The zero-order valence-electron chi connectivity index (χ0n) is 35.5. The van der Waals surface area contributed by atoms with Gasteiger partial charge in [-0.1, -0.05) is 120 Å². The Kier molecular flexibility index (Phi) is 22.6. The number of unbranched alkanes of at least 4 members (excludes halogenated alkanes) is 7. The van der Waals surface area contributed by atoms with Crippen LogP contribution in [0.5, 0.6) is 0 Å². The summed E-state index contributed by atoms with van der Waals surface area (Å²) in [6, 6.07) is 2.00. The van der Waals surface area contributed by atoms with Crippen molar-refractivity contribution in [3.05, 3.63) is 16.1 Å². The standard InChI is InChI=1S/C42H78N4O5SSi/c1-11-17-19-20-21-23-28-46(41(48)38(33(9)13-3)44-39(47)35-26-22-24-27-45(35)10)36(32(7)8)30-37(51-53(14-4,15-5)16-6)40-43-34(31-52-40)42(49)50-29-25-18-12-2/h31-33,35-38H,11-30H2,1-10H3,(H,44,47)/t33-,35+,36+,37+,38-/m0/s1. The Hall–Kier alpha value is -1.82. The number of piperidine rings is 1. The van der Waals surface area contributed by atoms with Crippen LogP contribution >= 0.6 is 11.3 Å². The van der Waals surface area contributed by atoms with E-state index < -0.39 is 14.4 Å². The van der Waals surface area contributed by atoms with E-state index in [2.05, 4.69) is 77.4 Å². The molecular weight excluding hydrogens is 701 g/mol. The first-order chi connectivity index (χ1) is 25.4. The molecule has 1 aromatic heterocycles. The zero-order chi connectivity index (χ0) is 39.4. The van der Waals surface area contributed by atoms with Gasteiger partial charge in [0.15, 0.2) is 14.0 Å². The van der Waals surface area contributed by atoms with Crippen molar-refractivity contribution >= 4 is 37.4 Å². The number of likely N-dealkylation sites (tertiary alicyclic amines) is 1. The van der Waals surface area contributed by atoms with Gasteiger partial charge in [-0.05, 0) is 75.7 Å². The molecule has 0 aliphatic carbocycles. The molecule has 2 heterocycles. The Labute approximate surface area is 329 Å². The number of amides is 2. The highest BCUT2D eigenvalue weighted by Gasteiger charge is 2.40. The van der Waals surface area contributed by atoms with Gasteiger partial charge in [-0.15, -0.1) is 11.3 Å². The molecule has 0 radical (unpaired) electrons. The molecule has 9 nitrogen and oxygen atoms in total. The van der Waals surface area contributed by atoms with E-state index >= 15 is 4.79 Å². The summed E-state index contributed by atoms with van der Waals surface area (Å²) in [7, 11) is -0.107. The van der Waals surface area contributed by atoms with E-state index in [0.717, 1.165) is 93.9 Å². The highest BCUT2D eigenvalue weighted by molar-refractivity contribution is 7.09. The lowest BCUT2D eigenvalue weighted by Crippen LogP contribution is -2.59. The van der Waals surface area contributed by atoms with E-state index in [1.54, 1.807) is 5.38 Å². The first-order valence-corrected chi connectivity index (χ1v) is 24.9. The lowest BCUT2D eigenvalue weighted by molar-refractivity contribution is -0.142. The molecule has 2 amide bonds. The minimum Gasteiger partial charge on any atom is -0.461 e. The van der Waals surface area contributed by atoms with Crippen molar-refractivity contribution in [1.82, 2.24) is 20.1 Å². The number of nitrogens with one attached hydrogen (secondary N) is 1. The zero-order valence-corrected chi connectivity index (χ0v) is 37.3. The van der Waals surface area contributed by atoms with Gasteiger partial charge in [0.05, 0.1) is 18.8 Å². The lowest BCUT2D eigenvalue weighted by Gasteiger charge is -2.41. The SMILES string of the molecule is CCCCCCCCN(C(=O)[C@@H](NC(=O)[C@H]1CCCCN1C)[C@@H](C)CC)[C@H](C[C@@H](O[Si](CC)(CC)CC)c1nc(C(=O)OCCCCC)cs1)C(C)C. The van der Waals surface area contributed by atoms with Gasteiger partial charge in [-0.2, -0.15) is 0 Å². The van der Waals surface area contributed by atoms with Gasteiger partial charge in [0.25, 0.3) is 0 Å². The van der Waals surface area contributed by atoms with E-state index in [-0.39, 0.29) is 47.8 Å². The van der Waals surface area contributed by atoms with Gasteiger partial charge >= 0.3 is 5.97 Å². The highest BCUT2D eigenvalue weighted by Crippen LogP contribution is 2.37. The van der Waals surface area contributed by atoms with E-state index in [4.69, 9.17) is 14.1 Å². The smallest absolute Gasteiger partial charge is 0.357 e. The normalized spacial score (nSPS) is 17.7. The fraction of sp³-hybridized carbons (Fsp3) is 0.857. The highest BCUT2D eigenvalue weighted by atomic mass is 32.1. The van der Waals surface area contributed by atoms with Crippen molar-refractivity contribution in [3.8, 4) is 0 Å². The molecule has 1 aliphatic heterocycles. The number of aromatic nitrogens is 1. The second-order valence-electron chi connectivity index (χ2n) is 16.0. The molecule has 53 heavy (non-hydrogen) atoms. The van der Waals surface area contributed by atoms with Crippen LogP contribution in [0.1, 0.15) is 174 Å². The Morgan fingerprint density at radius 1 is 0.943 bits per heavy atom. The number of carbonyl (C=O) groups excluding carboxylic acids is 3. The maximum Gasteiger partial charge on any atom is 0.357 e. The molecule has 2 rings (SSSR count). The van der Waals surface area contributed by atoms with E-state index in [9.17, 15) is 9.59 Å². The number of rotatable bonds is 27. The Morgan fingerprint density at radius 3 is 2.19 bits per heavy atom. The summed E-state index contributed by atoms with van der Waals surface area (Å²) in [6.45, 7) is 21.6. The molecule has 1 aromatic rings. The second-order valence-corrected chi connectivity index (χ2v) is 21.6. The molecule has 1 fully saturated rings. The average Bonchev–Trinajstić information content (AvgIpc) is 3.66. The summed E-state index contributed by atoms with van der Waals surface area (Å²) >= 11 is 1.46. The summed E-state index contributed by atoms with van der Waals surface area (Å²) in [5, 5.41) is 5.88. The number of carbonyl (C=O) groups is 3. The predicted molar refractivity (Wildman–Crippen MR) is 223 cm³/mol. The number of thiazole rings is 1. The van der Waals surface area contributed by atoms with Crippen molar-refractivity contribution < 1.29 is 23.5 Å². The molecule has 0 bridgehead atoms. The molecule has 1 aliphatic rings. The van der Waals surface area contributed by atoms with Gasteiger partial charge in [0.1, 0.15) is 11.0 Å². The number of hydrogen-bond donors (Lipinski definition) is 1. The molecule has 306 valence electrons. The van der Waals surface area contributed by atoms with Crippen LogP contribution in [0.25, 0.3) is 0 Å². The number of hydrogen-bond acceptors (Lipinski definition) is 8. The Morgan fingerprint density at radius 2 is 1.58 bits per heavy atom. The monoisotopic (exact) mass is 779 g/mol. The molecule has 0 saturated carbocycles. The van der Waals surface area contributed by atoms with Crippen molar-refractivity contribution in [2.45, 2.75) is 195 Å². The number of ether oxygens (including phenoxy) is 1. The van der Waals surface area contributed by atoms with Crippen LogP contribution in [0, 0.1) is 11.8 Å². The third kappa shape index (κ3) is 15.0. The fourth-order valence-corrected chi connectivity index (χ4v) is 11.3. The second kappa shape index (κ2) is 25.4. The van der Waals surface area contributed by atoms with Gasteiger partial charge in [-0.25, -0.2) is 9.78 Å². The quantitative estimate of drug-likeness (QED) is 0.0539. The summed E-state index contributed by atoms with van der Waals surface area (Å²) < 4.78 is 12.8. The third-order valence-electron chi connectivity index (χ3n) is 11.8. The van der Waals surface area contributed by atoms with Crippen LogP contribution in [0.4, 0.5) is 0 Å². The summed E-state index contributed by atoms with van der Waals surface area (Å²) in [5.41, 5.74) is 0.334. The Bertz CT molecular complexity index is 1190. The van der Waals surface area contributed by atoms with Crippen LogP contribution in [-0.2, 0) is 18.8 Å². The third-order valence-corrected chi connectivity index (χ3v) is 17.4. The van der Waals surface area contributed by atoms with Crippen LogP contribution in [-0.4, -0.2) is 85.8 Å². The van der Waals surface area contributed by atoms with Crippen LogP contribution in [0.15, 0.2) is 5.38 Å². The van der Waals surface area contributed by atoms with E-state index in [1.807, 2.05) is 7.05 Å². The van der Waals surface area contributed by atoms with Gasteiger partial charge in [0.2, 0.25) is 11.8 Å². The Balaban J connectivity index is 2.54. The van der Waals surface area contributed by atoms with Gasteiger partial charge in [-0.3, -0.25) is 14.5 Å². The van der Waals surface area contributed by atoms with Gasteiger partial charge < -0.3 is 19.4 Å². The molecule has 0 aromatic carbocycles. The topological polar surface area (TPSA) is 101 Å². The largest absolute Gasteiger partial charge is 0.461 e. The maximum atomic E-state index is 15.1. The van der Waals surface area contributed by atoms with Crippen LogP contribution < -0.4 is 5.32 Å². The summed E-state index contributed by atoms with van der Waals surface area (Å²) in [5.74, 6) is -0.292. The van der Waals surface area contributed by atoms with Crippen molar-refractivity contribution in [3.63, 3.8) is 0 Å². The molecular formula is C42H78N4O5SSi. The molecule has 1 saturated heterocycles. The molecule has 5 atom stereocenters. The first kappa shape index (κ1) is 47.3. The average molecular weight is 779 g/mol. The van der Waals surface area contributed by atoms with E-state index in [0.29, 0.717) is 25.3 Å². The molecule has 0 spiro atoms. The predicted octanol–water partition coefficient (Wildman–Crippen LogP) is 10.2.